The number of nitrogens with zero attached hydrogens (tertiary/aromatic N) is 2. The van der Waals surface area contributed by atoms with Crippen LogP contribution in [0.1, 0.15) is 33.3 Å². The fourth-order valence-electron chi connectivity index (χ4n) is 3.56. The van der Waals surface area contributed by atoms with E-state index in [1.807, 2.05) is 0 Å². The number of fused-ring (bicyclic) bond motifs is 2. The van der Waals surface area contributed by atoms with Crippen molar-refractivity contribution in [2.45, 2.75) is 32.3 Å². The van der Waals surface area contributed by atoms with E-state index in [9.17, 15) is 28.3 Å². The van der Waals surface area contributed by atoms with Gasteiger partial charge in [0, 0.05) is 24.4 Å². The normalized spacial score (nSPS) is 19.7. The number of ether oxygens (including phenoxy) is 1. The third kappa shape index (κ3) is 3.76. The average Bonchev–Trinajstić information content (AvgIpc) is 3.04. The summed E-state index contributed by atoms with van der Waals surface area (Å²) in [6.45, 7) is 1.87. The van der Waals surface area contributed by atoms with Crippen LogP contribution in [0.15, 0.2) is 29.2 Å². The number of hydrogen-bond donors (Lipinski definition) is 1. The van der Waals surface area contributed by atoms with Crippen molar-refractivity contribution in [3.8, 4) is 5.75 Å². The predicted octanol–water partition coefficient (Wildman–Crippen LogP) is -2.67. The van der Waals surface area contributed by atoms with Gasteiger partial charge in [-0.15, -0.1) is 0 Å². The van der Waals surface area contributed by atoms with Gasteiger partial charge < -0.3 is 24.6 Å². The van der Waals surface area contributed by atoms with Gasteiger partial charge in [-0.3, -0.25) is 14.4 Å². The van der Waals surface area contributed by atoms with Gasteiger partial charge in [0.1, 0.15) is 22.9 Å². The fourth-order valence-corrected chi connectivity index (χ4v) is 3.56. The first-order valence-corrected chi connectivity index (χ1v) is 8.88. The van der Waals surface area contributed by atoms with Gasteiger partial charge >= 0.3 is 29.6 Å². The van der Waals surface area contributed by atoms with Gasteiger partial charge in [-0.1, -0.05) is 6.07 Å². The molecule has 2 atom stereocenters. The van der Waals surface area contributed by atoms with Gasteiger partial charge in [0.15, 0.2) is 11.7 Å². The molecule has 0 unspecified atom stereocenters. The predicted molar refractivity (Wildman–Crippen MR) is 93.0 cm³/mol. The van der Waals surface area contributed by atoms with E-state index in [1.165, 1.54) is 9.47 Å². The molecule has 2 aromatic rings. The molecule has 30 heavy (non-hydrogen) atoms. The molecule has 0 bridgehead atoms. The molecule has 2 aliphatic rings. The first-order chi connectivity index (χ1) is 13.8. The molecule has 1 aromatic heterocycles. The summed E-state index contributed by atoms with van der Waals surface area (Å²) in [6.07, 6.45) is 0.549. The number of halogens is 2. The van der Waals surface area contributed by atoms with Crippen molar-refractivity contribution >= 4 is 11.8 Å². The minimum absolute atomic E-state index is 0. The third-order valence-corrected chi connectivity index (χ3v) is 5.04. The average molecular weight is 427 g/mol. The summed E-state index contributed by atoms with van der Waals surface area (Å²) in [5.41, 5.74) is -1.88. The van der Waals surface area contributed by atoms with Gasteiger partial charge in [-0.05, 0) is 18.7 Å². The first kappa shape index (κ1) is 22.4. The van der Waals surface area contributed by atoms with E-state index in [-0.39, 0.29) is 59.9 Å². The SMILES string of the molecule is C[C@@H]1CO[C@H]2Cn3cc(C(=O)NCc4ccc(F)cc4F)c(=O)c([O-])c3C(=O)N12.[Na+]. The van der Waals surface area contributed by atoms with Crippen molar-refractivity contribution in [1.82, 2.24) is 14.8 Å². The number of benzene rings is 1. The molecule has 2 aliphatic heterocycles. The number of amides is 2. The van der Waals surface area contributed by atoms with E-state index < -0.39 is 46.4 Å². The standard InChI is InChI=1S/C19H17F2N3O5.Na/c1-9-8-29-14-7-23-6-12(16(25)17(26)15(23)19(28)24(9)14)18(27)22-5-10-2-3-11(20)4-13(10)21;/h2-4,6,9,14,26H,5,7-8H2,1H3,(H,22,27);/q;+1/p-1/t9-,14+;/m1./s1. The van der Waals surface area contributed by atoms with E-state index in [1.54, 1.807) is 6.92 Å². The van der Waals surface area contributed by atoms with Crippen LogP contribution in [0.25, 0.3) is 0 Å². The second-order valence-corrected chi connectivity index (χ2v) is 6.97. The summed E-state index contributed by atoms with van der Waals surface area (Å²) in [7, 11) is 0. The maximum Gasteiger partial charge on any atom is 1.00 e. The van der Waals surface area contributed by atoms with Crippen molar-refractivity contribution in [2.24, 2.45) is 0 Å². The van der Waals surface area contributed by atoms with Crippen LogP contribution in [0.5, 0.6) is 5.75 Å². The largest absolute Gasteiger partial charge is 1.00 e. The Morgan fingerprint density at radius 2 is 2.07 bits per heavy atom. The number of rotatable bonds is 3. The monoisotopic (exact) mass is 427 g/mol. The van der Waals surface area contributed by atoms with Gasteiger partial charge in [0.25, 0.3) is 11.8 Å². The number of carbonyl (C=O) groups excluding carboxylic acids is 2. The van der Waals surface area contributed by atoms with Crippen LogP contribution in [0.2, 0.25) is 0 Å². The molecule has 11 heteroatoms. The Morgan fingerprint density at radius 1 is 1.33 bits per heavy atom. The molecule has 8 nitrogen and oxygen atoms in total. The molecule has 152 valence electrons. The van der Waals surface area contributed by atoms with E-state index >= 15 is 0 Å². The molecule has 0 aliphatic carbocycles. The number of carbonyl (C=O) groups is 2. The molecule has 2 amide bonds. The smallest absolute Gasteiger partial charge is 0.868 e. The van der Waals surface area contributed by atoms with Crippen LogP contribution in [0.4, 0.5) is 8.78 Å². The van der Waals surface area contributed by atoms with Crippen LogP contribution in [0, 0.1) is 11.6 Å². The Balaban J connectivity index is 0.00000256. The van der Waals surface area contributed by atoms with Crippen LogP contribution in [-0.4, -0.2) is 40.2 Å². The number of aromatic nitrogens is 1. The number of pyridine rings is 1. The summed E-state index contributed by atoms with van der Waals surface area (Å²) in [6, 6.07) is 2.64. The molecular weight excluding hydrogens is 411 g/mol. The molecule has 0 spiro atoms. The minimum atomic E-state index is -1.12. The summed E-state index contributed by atoms with van der Waals surface area (Å²) >= 11 is 0. The maximum absolute atomic E-state index is 13.7. The van der Waals surface area contributed by atoms with E-state index in [0.717, 1.165) is 18.3 Å². The second kappa shape index (κ2) is 8.46. The van der Waals surface area contributed by atoms with Gasteiger partial charge in [0.2, 0.25) is 0 Å². The van der Waals surface area contributed by atoms with Crippen molar-refractivity contribution in [3.63, 3.8) is 0 Å². The van der Waals surface area contributed by atoms with E-state index in [4.69, 9.17) is 4.74 Å². The zero-order valence-corrected chi connectivity index (χ0v) is 18.3. The molecule has 1 N–H and O–H groups in total. The second-order valence-electron chi connectivity index (χ2n) is 6.97. The van der Waals surface area contributed by atoms with Gasteiger partial charge in [0.05, 0.1) is 19.2 Å². The van der Waals surface area contributed by atoms with Crippen molar-refractivity contribution in [2.75, 3.05) is 6.61 Å². The Labute approximate surface area is 191 Å². The van der Waals surface area contributed by atoms with Crippen molar-refractivity contribution < 1.29 is 57.8 Å². The van der Waals surface area contributed by atoms with E-state index in [2.05, 4.69) is 5.32 Å². The summed E-state index contributed by atoms with van der Waals surface area (Å²) in [5, 5.41) is 14.8. The van der Waals surface area contributed by atoms with Gasteiger partial charge in [-0.25, -0.2) is 8.78 Å². The van der Waals surface area contributed by atoms with Crippen LogP contribution >= 0.6 is 0 Å². The first-order valence-electron chi connectivity index (χ1n) is 8.88. The van der Waals surface area contributed by atoms with Crippen LogP contribution in [-0.2, 0) is 17.8 Å². The van der Waals surface area contributed by atoms with Crippen molar-refractivity contribution in [1.29, 1.82) is 0 Å². The Morgan fingerprint density at radius 3 is 2.77 bits per heavy atom. The Kier molecular flexibility index (Phi) is 6.32. The molecule has 4 rings (SSSR count). The fraction of sp³-hybridized carbons (Fsp3) is 0.316. The minimum Gasteiger partial charge on any atom is -0.868 e. The van der Waals surface area contributed by atoms with E-state index in [0.29, 0.717) is 12.7 Å². The summed E-state index contributed by atoms with van der Waals surface area (Å²) in [4.78, 5) is 38.9. The third-order valence-electron chi connectivity index (χ3n) is 5.04. The molecule has 0 radical (unpaired) electrons. The molecule has 1 fully saturated rings. The molecule has 1 saturated heterocycles. The summed E-state index contributed by atoms with van der Waals surface area (Å²) < 4.78 is 33.5. The molecular formula is C19H16F2N3NaO5. The zero-order valence-electron chi connectivity index (χ0n) is 16.3. The van der Waals surface area contributed by atoms with Crippen molar-refractivity contribution in [3.05, 3.63) is 63.1 Å². The Bertz CT molecular complexity index is 1090. The molecule has 0 saturated carbocycles. The quantitative estimate of drug-likeness (QED) is 0.539. The van der Waals surface area contributed by atoms with Gasteiger partial charge in [-0.2, -0.15) is 0 Å². The molecule has 3 heterocycles. The van der Waals surface area contributed by atoms with Crippen LogP contribution in [0.3, 0.4) is 0 Å². The van der Waals surface area contributed by atoms with Crippen LogP contribution < -0.4 is 45.4 Å². The number of nitrogens with one attached hydrogen (secondary N) is 1. The maximum atomic E-state index is 13.7. The zero-order chi connectivity index (χ0) is 20.9. The summed E-state index contributed by atoms with van der Waals surface area (Å²) in [5.74, 6) is -4.21. The Hall–Kier alpha value is -2.27. The molecule has 1 aromatic carbocycles. The number of hydrogen-bond acceptors (Lipinski definition) is 5. The topological polar surface area (TPSA) is 104 Å².